The van der Waals surface area contributed by atoms with Crippen LogP contribution in [0.25, 0.3) is 11.1 Å². The minimum absolute atomic E-state index is 0.139. The van der Waals surface area contributed by atoms with E-state index in [2.05, 4.69) is 15.6 Å². The van der Waals surface area contributed by atoms with Crippen LogP contribution in [0.5, 0.6) is 5.75 Å². The fraction of sp³-hybridized carbons (Fsp3) is 0.217. The Hall–Kier alpha value is -4.14. The molecule has 0 bridgehead atoms. The van der Waals surface area contributed by atoms with E-state index in [9.17, 15) is 19.5 Å². The maximum Gasteiger partial charge on any atom is 0.319 e. The van der Waals surface area contributed by atoms with Crippen LogP contribution in [0, 0.1) is 0 Å². The van der Waals surface area contributed by atoms with E-state index in [-0.39, 0.29) is 24.5 Å². The monoisotopic (exact) mass is 436 g/mol. The van der Waals surface area contributed by atoms with E-state index in [1.165, 1.54) is 23.9 Å². The molecule has 9 nitrogen and oxygen atoms in total. The van der Waals surface area contributed by atoms with Gasteiger partial charge in [0.15, 0.2) is 5.69 Å². The first-order valence-corrected chi connectivity index (χ1v) is 10.0. The number of urea groups is 1. The Morgan fingerprint density at radius 3 is 2.62 bits per heavy atom. The normalized spacial score (nSPS) is 11.4. The molecule has 0 radical (unpaired) electrons. The van der Waals surface area contributed by atoms with Crippen LogP contribution in [0.1, 0.15) is 24.9 Å². The minimum Gasteiger partial charge on any atom is -0.505 e. The molecular formula is C23H24N4O5. The van der Waals surface area contributed by atoms with Crippen LogP contribution in [-0.4, -0.2) is 33.3 Å². The van der Waals surface area contributed by atoms with Gasteiger partial charge in [0.25, 0.3) is 5.56 Å². The van der Waals surface area contributed by atoms with Crippen molar-refractivity contribution < 1.29 is 19.4 Å². The van der Waals surface area contributed by atoms with Crippen molar-refractivity contribution in [3.8, 4) is 16.9 Å². The molecule has 0 spiro atoms. The molecule has 1 aromatic carbocycles. The summed E-state index contributed by atoms with van der Waals surface area (Å²) >= 11 is 0. The van der Waals surface area contributed by atoms with E-state index >= 15 is 0 Å². The van der Waals surface area contributed by atoms with Gasteiger partial charge in [-0.15, -0.1) is 0 Å². The average molecular weight is 436 g/mol. The summed E-state index contributed by atoms with van der Waals surface area (Å²) < 4.78 is 6.26. The second-order valence-electron chi connectivity index (χ2n) is 7.03. The number of ether oxygens (including phenoxy) is 1. The number of rotatable bonds is 7. The van der Waals surface area contributed by atoms with Crippen LogP contribution in [0.3, 0.4) is 0 Å². The summed E-state index contributed by atoms with van der Waals surface area (Å²) in [7, 11) is 1.50. The molecule has 0 saturated carbocycles. The highest BCUT2D eigenvalue weighted by molar-refractivity contribution is 5.91. The van der Waals surface area contributed by atoms with Crippen LogP contribution < -0.4 is 16.2 Å². The molecule has 2 amide bonds. The number of carbonyl (C=O) groups excluding carboxylic acids is 2. The first-order chi connectivity index (χ1) is 15.4. The highest BCUT2D eigenvalue weighted by Gasteiger charge is 2.21. The van der Waals surface area contributed by atoms with Crippen molar-refractivity contribution in [2.75, 3.05) is 11.9 Å². The Morgan fingerprint density at radius 2 is 1.91 bits per heavy atom. The predicted octanol–water partition coefficient (Wildman–Crippen LogP) is 2.97. The number of nitrogens with zero attached hydrogens (tertiary/aromatic N) is 2. The third-order valence-electron chi connectivity index (χ3n) is 4.74. The van der Waals surface area contributed by atoms with E-state index < -0.39 is 23.6 Å². The topological polar surface area (TPSA) is 123 Å². The van der Waals surface area contributed by atoms with Gasteiger partial charge in [-0.3, -0.25) is 14.6 Å². The molecule has 1 atom stereocenters. The summed E-state index contributed by atoms with van der Waals surface area (Å²) in [5.41, 5.74) is 1.49. The molecule has 0 aliphatic heterocycles. The first kappa shape index (κ1) is 22.5. The van der Waals surface area contributed by atoms with Crippen molar-refractivity contribution in [1.82, 2.24) is 14.9 Å². The highest BCUT2D eigenvalue weighted by Crippen LogP contribution is 2.24. The van der Waals surface area contributed by atoms with Crippen molar-refractivity contribution in [2.24, 2.45) is 7.05 Å². The Balaban J connectivity index is 1.87. The number of carbonyl (C=O) groups is 2. The fourth-order valence-corrected chi connectivity index (χ4v) is 3.12. The van der Waals surface area contributed by atoms with Gasteiger partial charge < -0.3 is 25.0 Å². The zero-order valence-corrected chi connectivity index (χ0v) is 17.7. The van der Waals surface area contributed by atoms with Gasteiger partial charge >= 0.3 is 12.0 Å². The summed E-state index contributed by atoms with van der Waals surface area (Å²) in [6, 6.07) is 11.1. The average Bonchev–Trinajstić information content (AvgIpc) is 2.80. The molecule has 3 aromatic rings. The molecule has 2 aromatic heterocycles. The van der Waals surface area contributed by atoms with Crippen molar-refractivity contribution in [1.29, 1.82) is 0 Å². The standard InChI is InChI=1S/C23H24N4O5/c1-3-32-20(29)12-18(17-11-16(13-24-14-17)15-7-5-4-6-8-15)25-23(31)26-21-19(28)9-10-27(2)22(21)30/h4-11,13-14,18,28H,3,12H2,1-2H3,(H2,25,26,31)/t18-/m0/s1. The summed E-state index contributed by atoms with van der Waals surface area (Å²) in [6.07, 6.45) is 4.48. The molecule has 32 heavy (non-hydrogen) atoms. The smallest absolute Gasteiger partial charge is 0.319 e. The summed E-state index contributed by atoms with van der Waals surface area (Å²) in [5, 5.41) is 15.0. The van der Waals surface area contributed by atoms with Gasteiger partial charge in [0.05, 0.1) is 19.1 Å². The SMILES string of the molecule is CCOC(=O)C[C@H](NC(=O)Nc1c(O)ccn(C)c1=O)c1cncc(-c2ccccc2)c1. The maximum absolute atomic E-state index is 12.7. The van der Waals surface area contributed by atoms with Gasteiger partial charge in [-0.1, -0.05) is 30.3 Å². The number of aromatic nitrogens is 2. The predicted molar refractivity (Wildman–Crippen MR) is 119 cm³/mol. The van der Waals surface area contributed by atoms with Gasteiger partial charge in [0.2, 0.25) is 0 Å². The van der Waals surface area contributed by atoms with Gasteiger partial charge in [0, 0.05) is 31.2 Å². The second kappa shape index (κ2) is 10.3. The molecule has 0 aliphatic carbocycles. The lowest BCUT2D eigenvalue weighted by Crippen LogP contribution is -2.36. The second-order valence-corrected chi connectivity index (χ2v) is 7.03. The number of aromatic hydroxyl groups is 1. The molecule has 2 heterocycles. The number of amides is 2. The van der Waals surface area contributed by atoms with Crippen molar-refractivity contribution in [3.63, 3.8) is 0 Å². The Labute approximate surface area is 184 Å². The lowest BCUT2D eigenvalue weighted by atomic mass is 10.0. The Morgan fingerprint density at radius 1 is 1.16 bits per heavy atom. The third-order valence-corrected chi connectivity index (χ3v) is 4.74. The molecular weight excluding hydrogens is 412 g/mol. The largest absolute Gasteiger partial charge is 0.505 e. The maximum atomic E-state index is 12.7. The summed E-state index contributed by atoms with van der Waals surface area (Å²) in [5.74, 6) is -0.862. The molecule has 166 valence electrons. The van der Waals surface area contributed by atoms with E-state index in [4.69, 9.17) is 4.74 Å². The molecule has 0 aliphatic rings. The number of anilines is 1. The molecule has 3 rings (SSSR count). The summed E-state index contributed by atoms with van der Waals surface area (Å²) in [6.45, 7) is 1.90. The number of benzene rings is 1. The molecule has 0 fully saturated rings. The molecule has 9 heteroatoms. The van der Waals surface area contributed by atoms with Crippen LogP contribution in [0.15, 0.2) is 65.8 Å². The van der Waals surface area contributed by atoms with Crippen LogP contribution in [0.2, 0.25) is 0 Å². The number of hydrogen-bond acceptors (Lipinski definition) is 6. The fourth-order valence-electron chi connectivity index (χ4n) is 3.12. The molecule has 0 unspecified atom stereocenters. The van der Waals surface area contributed by atoms with E-state index in [0.717, 1.165) is 11.1 Å². The summed E-state index contributed by atoms with van der Waals surface area (Å²) in [4.78, 5) is 41.3. The van der Waals surface area contributed by atoms with Gasteiger partial charge in [-0.25, -0.2) is 4.79 Å². The Kier molecular flexibility index (Phi) is 7.22. The number of hydrogen-bond donors (Lipinski definition) is 3. The zero-order valence-electron chi connectivity index (χ0n) is 17.7. The Bertz CT molecular complexity index is 1160. The quantitative estimate of drug-likeness (QED) is 0.490. The van der Waals surface area contributed by atoms with Crippen LogP contribution >= 0.6 is 0 Å². The first-order valence-electron chi connectivity index (χ1n) is 10.0. The van der Waals surface area contributed by atoms with Crippen LogP contribution in [-0.2, 0) is 16.6 Å². The van der Waals surface area contributed by atoms with Crippen molar-refractivity contribution in [2.45, 2.75) is 19.4 Å². The number of aryl methyl sites for hydroxylation is 1. The van der Waals surface area contributed by atoms with Gasteiger partial charge in [-0.05, 0) is 30.2 Å². The van der Waals surface area contributed by atoms with E-state index in [1.54, 1.807) is 19.3 Å². The lowest BCUT2D eigenvalue weighted by Gasteiger charge is -2.19. The minimum atomic E-state index is -0.778. The van der Waals surface area contributed by atoms with Gasteiger partial charge in [-0.2, -0.15) is 0 Å². The lowest BCUT2D eigenvalue weighted by molar-refractivity contribution is -0.143. The highest BCUT2D eigenvalue weighted by atomic mass is 16.5. The third kappa shape index (κ3) is 5.51. The van der Waals surface area contributed by atoms with E-state index in [1.807, 2.05) is 36.4 Å². The number of pyridine rings is 2. The van der Waals surface area contributed by atoms with Crippen molar-refractivity contribution in [3.05, 3.63) is 77.0 Å². The number of nitrogens with one attached hydrogen (secondary N) is 2. The molecule has 0 saturated heterocycles. The van der Waals surface area contributed by atoms with Crippen molar-refractivity contribution >= 4 is 17.7 Å². The van der Waals surface area contributed by atoms with Gasteiger partial charge in [0.1, 0.15) is 5.75 Å². The molecule has 3 N–H and O–H groups in total. The van der Waals surface area contributed by atoms with E-state index in [0.29, 0.717) is 5.56 Å². The zero-order chi connectivity index (χ0) is 23.1. The number of esters is 1. The van der Waals surface area contributed by atoms with Crippen LogP contribution in [0.4, 0.5) is 10.5 Å².